The molecule has 3 aromatic rings. The van der Waals surface area contributed by atoms with Crippen LogP contribution >= 0.6 is 0 Å². The molecule has 0 fully saturated rings. The normalized spacial score (nSPS) is 12.1. The summed E-state index contributed by atoms with van der Waals surface area (Å²) in [7, 11) is 0. The molecule has 0 aliphatic rings. The van der Waals surface area contributed by atoms with Crippen molar-refractivity contribution < 1.29 is 14.0 Å². The summed E-state index contributed by atoms with van der Waals surface area (Å²) in [5.41, 5.74) is 1.23. The molecular formula is C18H18N4O3. The number of aromatic nitrogens is 3. The Labute approximate surface area is 144 Å². The van der Waals surface area contributed by atoms with Crippen molar-refractivity contribution in [2.45, 2.75) is 19.9 Å². The lowest BCUT2D eigenvalue weighted by Crippen LogP contribution is -2.33. The van der Waals surface area contributed by atoms with Crippen LogP contribution in [-0.4, -0.2) is 16.0 Å². The van der Waals surface area contributed by atoms with Crippen LogP contribution < -0.4 is 10.0 Å². The maximum absolute atomic E-state index is 12.4. The molecule has 0 radical (unpaired) electrons. The zero-order valence-corrected chi connectivity index (χ0v) is 13.9. The topological polar surface area (TPSA) is 95.0 Å². The van der Waals surface area contributed by atoms with Crippen molar-refractivity contribution >= 4 is 5.91 Å². The maximum Gasteiger partial charge on any atom is 0.252 e. The molecule has 1 atom stereocenters. The molecule has 0 saturated carbocycles. The van der Waals surface area contributed by atoms with Crippen molar-refractivity contribution in [3.05, 3.63) is 71.5 Å². The molecule has 7 nitrogen and oxygen atoms in total. The number of hydrogen-bond donors (Lipinski definition) is 1. The van der Waals surface area contributed by atoms with Crippen LogP contribution in [0.1, 0.15) is 36.1 Å². The van der Waals surface area contributed by atoms with Gasteiger partial charge in [-0.3, -0.25) is 4.79 Å². The van der Waals surface area contributed by atoms with E-state index in [4.69, 9.17) is 4.52 Å². The number of nitrogens with zero attached hydrogens (tertiary/aromatic N) is 3. The van der Waals surface area contributed by atoms with Gasteiger partial charge in [0.05, 0.1) is 5.56 Å². The average molecular weight is 338 g/mol. The van der Waals surface area contributed by atoms with Crippen molar-refractivity contribution in [2.75, 3.05) is 0 Å². The quantitative estimate of drug-likeness (QED) is 0.570. The van der Waals surface area contributed by atoms with E-state index in [9.17, 15) is 10.0 Å². The number of amides is 1. The Balaban J connectivity index is 1.81. The Morgan fingerprint density at radius 3 is 2.48 bits per heavy atom. The fourth-order valence-corrected chi connectivity index (χ4v) is 2.37. The molecule has 1 aromatic carbocycles. The van der Waals surface area contributed by atoms with Crippen LogP contribution in [0.15, 0.2) is 59.4 Å². The molecule has 2 heterocycles. The van der Waals surface area contributed by atoms with Gasteiger partial charge < -0.3 is 15.0 Å². The van der Waals surface area contributed by atoms with Crippen LogP contribution in [0.2, 0.25) is 0 Å². The number of rotatable bonds is 5. The highest BCUT2D eigenvalue weighted by Crippen LogP contribution is 2.23. The first-order valence-electron chi connectivity index (χ1n) is 7.93. The van der Waals surface area contributed by atoms with Gasteiger partial charge in [-0.1, -0.05) is 49.3 Å². The largest absolute Gasteiger partial charge is 0.619 e. The summed E-state index contributed by atoms with van der Waals surface area (Å²) >= 11 is 0. The number of nitrogens with one attached hydrogen (secondary N) is 1. The summed E-state index contributed by atoms with van der Waals surface area (Å²) in [6.45, 7) is 3.90. The van der Waals surface area contributed by atoms with Gasteiger partial charge in [0.25, 0.3) is 5.91 Å². The molecule has 1 N–H and O–H groups in total. The number of hydrogen-bond acceptors (Lipinski definition) is 5. The van der Waals surface area contributed by atoms with Crippen molar-refractivity contribution in [3.8, 4) is 11.4 Å². The van der Waals surface area contributed by atoms with E-state index in [2.05, 4.69) is 15.5 Å². The second-order valence-corrected chi connectivity index (χ2v) is 5.96. The molecule has 7 heteroatoms. The Morgan fingerprint density at radius 1 is 1.16 bits per heavy atom. The highest BCUT2D eigenvalue weighted by atomic mass is 16.5. The van der Waals surface area contributed by atoms with Crippen LogP contribution in [0.25, 0.3) is 11.4 Å². The van der Waals surface area contributed by atoms with Crippen LogP contribution in [0, 0.1) is 11.1 Å². The van der Waals surface area contributed by atoms with E-state index in [1.807, 2.05) is 44.2 Å². The fourth-order valence-electron chi connectivity index (χ4n) is 2.37. The monoisotopic (exact) mass is 338 g/mol. The minimum Gasteiger partial charge on any atom is -0.619 e. The third-order valence-corrected chi connectivity index (χ3v) is 3.76. The van der Waals surface area contributed by atoms with Gasteiger partial charge in [0, 0.05) is 17.7 Å². The maximum atomic E-state index is 12.4. The van der Waals surface area contributed by atoms with E-state index in [1.54, 1.807) is 0 Å². The Hall–Kier alpha value is -3.22. The Morgan fingerprint density at radius 2 is 1.84 bits per heavy atom. The second-order valence-electron chi connectivity index (χ2n) is 5.96. The van der Waals surface area contributed by atoms with E-state index in [0.29, 0.717) is 22.0 Å². The number of carbonyl (C=O) groups excluding carboxylic acids is 1. The standard InChI is InChI=1S/C18H18N4O3/c1-12(2)15(19-17(23)14-8-10-22(24)11-9-14)18-20-16(21-25-18)13-6-4-3-5-7-13/h3-12,15H,1-2H3,(H,19,23)/t15-/m0/s1. The number of pyridine rings is 1. The molecular weight excluding hydrogens is 320 g/mol. The lowest BCUT2D eigenvalue weighted by atomic mass is 10.0. The molecule has 0 spiro atoms. The van der Waals surface area contributed by atoms with Gasteiger partial charge in [0.1, 0.15) is 6.04 Å². The smallest absolute Gasteiger partial charge is 0.252 e. The Kier molecular flexibility index (Phi) is 4.74. The van der Waals surface area contributed by atoms with Gasteiger partial charge in [0.2, 0.25) is 11.7 Å². The third kappa shape index (κ3) is 3.82. The lowest BCUT2D eigenvalue weighted by Gasteiger charge is -2.18. The molecule has 0 unspecified atom stereocenters. The highest BCUT2D eigenvalue weighted by Gasteiger charge is 2.25. The molecule has 3 rings (SSSR count). The van der Waals surface area contributed by atoms with E-state index >= 15 is 0 Å². The molecule has 0 saturated heterocycles. The molecule has 0 bridgehead atoms. The zero-order chi connectivity index (χ0) is 17.8. The summed E-state index contributed by atoms with van der Waals surface area (Å²) in [6, 6.07) is 12.0. The summed E-state index contributed by atoms with van der Waals surface area (Å²) < 4.78 is 5.99. The van der Waals surface area contributed by atoms with Gasteiger partial charge in [0.15, 0.2) is 12.4 Å². The first-order chi connectivity index (χ1) is 12.0. The summed E-state index contributed by atoms with van der Waals surface area (Å²) in [4.78, 5) is 16.8. The minimum absolute atomic E-state index is 0.0428. The third-order valence-electron chi connectivity index (χ3n) is 3.76. The Bertz CT molecular complexity index is 844. The van der Waals surface area contributed by atoms with E-state index in [0.717, 1.165) is 5.56 Å². The predicted octanol–water partition coefficient (Wildman–Crippen LogP) is 2.50. The van der Waals surface area contributed by atoms with Gasteiger partial charge in [-0.25, -0.2) is 0 Å². The molecule has 0 aliphatic carbocycles. The summed E-state index contributed by atoms with van der Waals surface area (Å²) in [5, 5.41) is 18.0. The van der Waals surface area contributed by atoms with Crippen LogP contribution in [-0.2, 0) is 0 Å². The van der Waals surface area contributed by atoms with E-state index < -0.39 is 6.04 Å². The van der Waals surface area contributed by atoms with Crippen LogP contribution in [0.5, 0.6) is 0 Å². The van der Waals surface area contributed by atoms with Crippen LogP contribution in [0.4, 0.5) is 0 Å². The average Bonchev–Trinajstić information content (AvgIpc) is 3.10. The second kappa shape index (κ2) is 7.12. The molecule has 1 amide bonds. The van der Waals surface area contributed by atoms with Gasteiger partial charge in [-0.05, 0) is 5.92 Å². The number of benzene rings is 1. The zero-order valence-electron chi connectivity index (χ0n) is 13.9. The summed E-state index contributed by atoms with van der Waals surface area (Å²) in [5.74, 6) is 0.555. The van der Waals surface area contributed by atoms with Gasteiger partial charge in [-0.2, -0.15) is 9.71 Å². The minimum atomic E-state index is -0.433. The van der Waals surface area contributed by atoms with E-state index in [-0.39, 0.29) is 11.8 Å². The fraction of sp³-hybridized carbons (Fsp3) is 0.222. The predicted molar refractivity (Wildman–Crippen MR) is 90.2 cm³/mol. The van der Waals surface area contributed by atoms with Gasteiger partial charge >= 0.3 is 0 Å². The first kappa shape index (κ1) is 16.6. The molecule has 25 heavy (non-hydrogen) atoms. The number of carbonyl (C=O) groups is 1. The molecule has 128 valence electrons. The van der Waals surface area contributed by atoms with Crippen LogP contribution in [0.3, 0.4) is 0 Å². The van der Waals surface area contributed by atoms with E-state index in [1.165, 1.54) is 24.5 Å². The highest BCUT2D eigenvalue weighted by molar-refractivity contribution is 5.94. The van der Waals surface area contributed by atoms with Crippen molar-refractivity contribution in [1.82, 2.24) is 15.5 Å². The van der Waals surface area contributed by atoms with Crippen molar-refractivity contribution in [2.24, 2.45) is 5.92 Å². The van der Waals surface area contributed by atoms with Crippen molar-refractivity contribution in [3.63, 3.8) is 0 Å². The molecule has 2 aromatic heterocycles. The summed E-state index contributed by atoms with van der Waals surface area (Å²) in [6.07, 6.45) is 2.55. The SMILES string of the molecule is CC(C)[C@H](NC(=O)c1cc[n+]([O-])cc1)c1nc(-c2ccccc2)no1. The first-order valence-corrected chi connectivity index (χ1v) is 7.93. The molecule has 0 aliphatic heterocycles. The van der Waals surface area contributed by atoms with Gasteiger partial charge in [-0.15, -0.1) is 0 Å². The van der Waals surface area contributed by atoms with Crippen molar-refractivity contribution in [1.29, 1.82) is 0 Å². The lowest BCUT2D eigenvalue weighted by molar-refractivity contribution is -0.605.